The van der Waals surface area contributed by atoms with Gasteiger partial charge in [0.1, 0.15) is 12.4 Å². The van der Waals surface area contributed by atoms with Gasteiger partial charge in [-0.2, -0.15) is 0 Å². The lowest BCUT2D eigenvalue weighted by molar-refractivity contribution is 0.114. The lowest BCUT2D eigenvalue weighted by Crippen LogP contribution is -2.44. The maximum Gasteiger partial charge on any atom is 0.136 e. The molecule has 1 saturated carbocycles. The van der Waals surface area contributed by atoms with Crippen LogP contribution in [0.1, 0.15) is 31.7 Å². The summed E-state index contributed by atoms with van der Waals surface area (Å²) in [7, 11) is 0. The third kappa shape index (κ3) is 3.14. The van der Waals surface area contributed by atoms with Gasteiger partial charge >= 0.3 is 0 Å². The molecule has 1 aromatic carbocycles. The first-order valence-electron chi connectivity index (χ1n) is 7.42. The molecule has 0 N–H and O–H groups in total. The second-order valence-electron chi connectivity index (χ2n) is 5.84. The molecule has 2 nitrogen and oxygen atoms in total. The average molecular weight is 324 g/mol. The standard InChI is InChI=1S/C16H22BrNO/c1-2-8-18(10-12-6-7-12)14-9-13-4-3-5-15(17)16(13)19-11-14/h3-5,12,14H,2,6-11H2,1H3. The first-order valence-corrected chi connectivity index (χ1v) is 8.21. The van der Waals surface area contributed by atoms with Crippen molar-refractivity contribution in [3.8, 4) is 5.75 Å². The van der Waals surface area contributed by atoms with E-state index >= 15 is 0 Å². The van der Waals surface area contributed by atoms with Crippen LogP contribution in [0.3, 0.4) is 0 Å². The van der Waals surface area contributed by atoms with Gasteiger partial charge in [0.15, 0.2) is 0 Å². The Morgan fingerprint density at radius 1 is 1.37 bits per heavy atom. The minimum absolute atomic E-state index is 0.558. The van der Waals surface area contributed by atoms with Gasteiger partial charge in [-0.1, -0.05) is 19.1 Å². The zero-order chi connectivity index (χ0) is 13.2. The number of rotatable bonds is 5. The maximum atomic E-state index is 6.01. The SMILES string of the molecule is CCCN(CC1CC1)C1COc2c(Br)cccc2C1. The Balaban J connectivity index is 1.71. The molecular formula is C16H22BrNO. The van der Waals surface area contributed by atoms with Gasteiger partial charge in [-0.15, -0.1) is 0 Å². The van der Waals surface area contributed by atoms with Crippen LogP contribution in [0.2, 0.25) is 0 Å². The second kappa shape index (κ2) is 5.84. The fourth-order valence-electron chi connectivity index (χ4n) is 2.94. The van der Waals surface area contributed by atoms with Crippen LogP contribution in [0.15, 0.2) is 22.7 Å². The van der Waals surface area contributed by atoms with Gasteiger partial charge < -0.3 is 4.74 Å². The van der Waals surface area contributed by atoms with Gasteiger partial charge in [0.2, 0.25) is 0 Å². The molecule has 104 valence electrons. The third-order valence-electron chi connectivity index (χ3n) is 4.14. The number of fused-ring (bicyclic) bond motifs is 1. The Hall–Kier alpha value is -0.540. The summed E-state index contributed by atoms with van der Waals surface area (Å²) in [6, 6.07) is 6.93. The summed E-state index contributed by atoms with van der Waals surface area (Å²) >= 11 is 3.58. The quantitative estimate of drug-likeness (QED) is 0.815. The fourth-order valence-corrected chi connectivity index (χ4v) is 3.47. The number of hydrogen-bond donors (Lipinski definition) is 0. The number of halogens is 1. The zero-order valence-corrected chi connectivity index (χ0v) is 13.2. The molecule has 0 spiro atoms. The molecule has 1 heterocycles. The van der Waals surface area contributed by atoms with Crippen molar-refractivity contribution in [2.24, 2.45) is 5.92 Å². The van der Waals surface area contributed by atoms with Gasteiger partial charge in [-0.05, 0) is 65.7 Å². The van der Waals surface area contributed by atoms with E-state index in [1.54, 1.807) is 0 Å². The van der Waals surface area contributed by atoms with Gasteiger partial charge in [-0.3, -0.25) is 4.90 Å². The first kappa shape index (κ1) is 13.4. The highest BCUT2D eigenvalue weighted by molar-refractivity contribution is 9.10. The number of benzene rings is 1. The largest absolute Gasteiger partial charge is 0.490 e. The Kier molecular flexibility index (Phi) is 4.13. The molecule has 1 aromatic rings. The van der Waals surface area contributed by atoms with Crippen molar-refractivity contribution in [3.63, 3.8) is 0 Å². The monoisotopic (exact) mass is 323 g/mol. The minimum Gasteiger partial charge on any atom is -0.490 e. The average Bonchev–Trinajstić information content (AvgIpc) is 3.22. The molecule has 1 unspecified atom stereocenters. The molecule has 19 heavy (non-hydrogen) atoms. The van der Waals surface area contributed by atoms with Gasteiger partial charge in [0.25, 0.3) is 0 Å². The molecule has 0 amide bonds. The van der Waals surface area contributed by atoms with Crippen LogP contribution in [-0.4, -0.2) is 30.6 Å². The Morgan fingerprint density at radius 3 is 2.95 bits per heavy atom. The summed E-state index contributed by atoms with van der Waals surface area (Å²) < 4.78 is 7.10. The normalized spacial score (nSPS) is 22.2. The highest BCUT2D eigenvalue weighted by Gasteiger charge is 2.30. The van der Waals surface area contributed by atoms with Crippen molar-refractivity contribution >= 4 is 15.9 Å². The summed E-state index contributed by atoms with van der Waals surface area (Å²) in [4.78, 5) is 2.65. The van der Waals surface area contributed by atoms with Crippen molar-refractivity contribution in [3.05, 3.63) is 28.2 Å². The third-order valence-corrected chi connectivity index (χ3v) is 4.77. The van der Waals surface area contributed by atoms with E-state index in [0.717, 1.165) is 29.2 Å². The van der Waals surface area contributed by atoms with E-state index in [9.17, 15) is 0 Å². The molecule has 1 atom stereocenters. The van der Waals surface area contributed by atoms with E-state index in [1.165, 1.54) is 37.9 Å². The van der Waals surface area contributed by atoms with Crippen LogP contribution in [0, 0.1) is 5.92 Å². The molecule has 1 aliphatic heterocycles. The summed E-state index contributed by atoms with van der Waals surface area (Å²) in [5.41, 5.74) is 1.35. The molecular weight excluding hydrogens is 302 g/mol. The van der Waals surface area contributed by atoms with Crippen molar-refractivity contribution in [1.29, 1.82) is 0 Å². The number of ether oxygens (including phenoxy) is 1. The van der Waals surface area contributed by atoms with E-state index in [1.807, 2.05) is 0 Å². The Bertz CT molecular complexity index is 444. The fraction of sp³-hybridized carbons (Fsp3) is 0.625. The molecule has 0 radical (unpaired) electrons. The highest BCUT2D eigenvalue weighted by Crippen LogP contribution is 2.35. The van der Waals surface area contributed by atoms with E-state index in [-0.39, 0.29) is 0 Å². The van der Waals surface area contributed by atoms with Crippen LogP contribution in [0.4, 0.5) is 0 Å². The molecule has 0 aromatic heterocycles. The first-order chi connectivity index (χ1) is 9.28. The number of nitrogens with zero attached hydrogens (tertiary/aromatic N) is 1. The van der Waals surface area contributed by atoms with E-state index < -0.39 is 0 Å². The summed E-state index contributed by atoms with van der Waals surface area (Å²) in [5, 5.41) is 0. The predicted molar refractivity (Wildman–Crippen MR) is 81.7 cm³/mol. The van der Waals surface area contributed by atoms with E-state index in [2.05, 4.69) is 46.0 Å². The zero-order valence-electron chi connectivity index (χ0n) is 11.6. The van der Waals surface area contributed by atoms with Crippen molar-refractivity contribution in [2.45, 2.75) is 38.6 Å². The maximum absolute atomic E-state index is 6.01. The molecule has 1 aliphatic carbocycles. The summed E-state index contributed by atoms with van der Waals surface area (Å²) in [6.07, 6.45) is 5.21. The predicted octanol–water partition coefficient (Wildman–Crippen LogP) is 3.87. The van der Waals surface area contributed by atoms with Gasteiger partial charge in [0.05, 0.1) is 4.47 Å². The van der Waals surface area contributed by atoms with Crippen molar-refractivity contribution < 1.29 is 4.74 Å². The van der Waals surface area contributed by atoms with E-state index in [0.29, 0.717) is 6.04 Å². The summed E-state index contributed by atoms with van der Waals surface area (Å²) in [6.45, 7) is 5.58. The molecule has 2 aliphatic rings. The lowest BCUT2D eigenvalue weighted by Gasteiger charge is -2.35. The molecule has 3 rings (SSSR count). The highest BCUT2D eigenvalue weighted by atomic mass is 79.9. The minimum atomic E-state index is 0.558. The van der Waals surface area contributed by atoms with Crippen LogP contribution >= 0.6 is 15.9 Å². The van der Waals surface area contributed by atoms with Crippen molar-refractivity contribution in [2.75, 3.05) is 19.7 Å². The number of hydrogen-bond acceptors (Lipinski definition) is 2. The van der Waals surface area contributed by atoms with Crippen LogP contribution in [0.25, 0.3) is 0 Å². The Labute approximate surface area is 124 Å². The van der Waals surface area contributed by atoms with Crippen LogP contribution in [-0.2, 0) is 6.42 Å². The molecule has 0 bridgehead atoms. The lowest BCUT2D eigenvalue weighted by atomic mass is 10.0. The molecule has 1 fully saturated rings. The Morgan fingerprint density at radius 2 is 2.21 bits per heavy atom. The van der Waals surface area contributed by atoms with Crippen LogP contribution < -0.4 is 4.74 Å². The van der Waals surface area contributed by atoms with E-state index in [4.69, 9.17) is 4.74 Å². The molecule has 3 heteroatoms. The number of para-hydroxylation sites is 1. The summed E-state index contributed by atoms with van der Waals surface area (Å²) in [5.74, 6) is 2.01. The smallest absolute Gasteiger partial charge is 0.136 e. The topological polar surface area (TPSA) is 12.5 Å². The van der Waals surface area contributed by atoms with Gasteiger partial charge in [0, 0.05) is 12.6 Å². The van der Waals surface area contributed by atoms with Crippen molar-refractivity contribution in [1.82, 2.24) is 4.90 Å². The van der Waals surface area contributed by atoms with Crippen LogP contribution in [0.5, 0.6) is 5.75 Å². The molecule has 0 saturated heterocycles. The second-order valence-corrected chi connectivity index (χ2v) is 6.69. The van der Waals surface area contributed by atoms with Gasteiger partial charge in [-0.25, -0.2) is 0 Å².